The van der Waals surface area contributed by atoms with Gasteiger partial charge in [0.25, 0.3) is 0 Å². The zero-order valence-electron chi connectivity index (χ0n) is 15.5. The van der Waals surface area contributed by atoms with Gasteiger partial charge >= 0.3 is 0 Å². The molecule has 1 aromatic rings. The average Bonchev–Trinajstić information content (AvgIpc) is 3.15. The van der Waals surface area contributed by atoms with E-state index in [9.17, 15) is 4.79 Å². The van der Waals surface area contributed by atoms with Gasteiger partial charge in [-0.1, -0.05) is 29.8 Å². The van der Waals surface area contributed by atoms with Crippen LogP contribution in [0.3, 0.4) is 0 Å². The number of ether oxygens (including phenoxy) is 2. The number of hydrogen-bond donors (Lipinski definition) is 0. The molecule has 5 aliphatic heterocycles. The summed E-state index contributed by atoms with van der Waals surface area (Å²) in [6.07, 6.45) is 4.07. The summed E-state index contributed by atoms with van der Waals surface area (Å²) in [5.41, 5.74) is 3.97. The summed E-state index contributed by atoms with van der Waals surface area (Å²) >= 11 is 0. The summed E-state index contributed by atoms with van der Waals surface area (Å²) < 4.78 is 12.5. The van der Waals surface area contributed by atoms with Crippen molar-refractivity contribution in [3.05, 3.63) is 41.5 Å². The maximum Gasteiger partial charge on any atom is 0.229 e. The average molecular weight is 364 g/mol. The Labute approximate surface area is 158 Å². The lowest BCUT2D eigenvalue weighted by molar-refractivity contribution is -0.147. The number of hydrogen-bond acceptors (Lipinski definition) is 4. The highest BCUT2D eigenvalue weighted by Crippen LogP contribution is 2.66. The molecule has 5 heteroatoms. The standard InChI is InChI=1S/C22H24N2O3/c1-26-19-17-12-6-9-27-15-10-16(25)24-14-5-3-2-4-13(14)22(20(24)18(15)17)7-8-23(11-12)21(19)22/h2-6,15,17-21H,7-11H2,1H3/t15-,17-,18+,19+,20+,21+,22-/m1/s1. The van der Waals surface area contributed by atoms with E-state index in [1.165, 1.54) is 11.1 Å². The van der Waals surface area contributed by atoms with Crippen molar-refractivity contribution < 1.29 is 14.3 Å². The Morgan fingerprint density at radius 1 is 1.26 bits per heavy atom. The van der Waals surface area contributed by atoms with Gasteiger partial charge in [0.2, 0.25) is 5.91 Å². The second-order valence-corrected chi connectivity index (χ2v) is 9.09. The Morgan fingerprint density at radius 3 is 3.04 bits per heavy atom. The molecular formula is C22H24N2O3. The molecular weight excluding hydrogens is 340 g/mol. The van der Waals surface area contributed by atoms with Crippen LogP contribution < -0.4 is 4.90 Å². The van der Waals surface area contributed by atoms with Gasteiger partial charge < -0.3 is 14.4 Å². The smallest absolute Gasteiger partial charge is 0.229 e. The van der Waals surface area contributed by atoms with Crippen LogP contribution in [-0.4, -0.2) is 61.9 Å². The van der Waals surface area contributed by atoms with Crippen molar-refractivity contribution >= 4 is 11.6 Å². The summed E-state index contributed by atoms with van der Waals surface area (Å²) in [5, 5.41) is 0. The van der Waals surface area contributed by atoms with Gasteiger partial charge in [-0.3, -0.25) is 9.69 Å². The highest BCUT2D eigenvalue weighted by Gasteiger charge is 2.74. The number of benzene rings is 1. The van der Waals surface area contributed by atoms with E-state index in [2.05, 4.69) is 40.1 Å². The van der Waals surface area contributed by atoms with Crippen LogP contribution in [0.4, 0.5) is 5.69 Å². The number of fused-ring (bicyclic) bond motifs is 2. The van der Waals surface area contributed by atoms with E-state index in [4.69, 9.17) is 9.47 Å². The first-order valence-corrected chi connectivity index (χ1v) is 10.2. The van der Waals surface area contributed by atoms with Gasteiger partial charge in [-0.2, -0.15) is 0 Å². The zero-order chi connectivity index (χ0) is 17.9. The van der Waals surface area contributed by atoms with Crippen molar-refractivity contribution in [3.63, 3.8) is 0 Å². The second-order valence-electron chi connectivity index (χ2n) is 9.09. The number of carbonyl (C=O) groups excluding carboxylic acids is 1. The number of para-hydroxylation sites is 1. The number of amides is 1. The second kappa shape index (κ2) is 4.83. The molecule has 4 fully saturated rings. The minimum absolute atomic E-state index is 0.00874. The fourth-order valence-electron chi connectivity index (χ4n) is 7.83. The van der Waals surface area contributed by atoms with Gasteiger partial charge in [-0.25, -0.2) is 0 Å². The van der Waals surface area contributed by atoms with Gasteiger partial charge in [0.1, 0.15) is 0 Å². The van der Waals surface area contributed by atoms with Crippen LogP contribution in [0, 0.1) is 11.8 Å². The predicted octanol–water partition coefficient (Wildman–Crippen LogP) is 1.72. The maximum absolute atomic E-state index is 13.3. The molecule has 2 bridgehead atoms. The number of rotatable bonds is 1. The molecule has 1 saturated carbocycles. The lowest BCUT2D eigenvalue weighted by Gasteiger charge is -2.61. The quantitative estimate of drug-likeness (QED) is 0.712. The fourth-order valence-corrected chi connectivity index (χ4v) is 7.83. The van der Waals surface area contributed by atoms with Gasteiger partial charge in [0.15, 0.2) is 0 Å². The molecule has 7 rings (SSSR count). The van der Waals surface area contributed by atoms with Gasteiger partial charge in [-0.15, -0.1) is 0 Å². The van der Waals surface area contributed by atoms with Crippen LogP contribution in [0.5, 0.6) is 0 Å². The highest BCUT2D eigenvalue weighted by molar-refractivity contribution is 5.99. The summed E-state index contributed by atoms with van der Waals surface area (Å²) in [5.74, 6) is 0.927. The summed E-state index contributed by atoms with van der Waals surface area (Å²) in [6, 6.07) is 9.20. The molecule has 0 N–H and O–H groups in total. The number of nitrogens with zero attached hydrogens (tertiary/aromatic N) is 2. The van der Waals surface area contributed by atoms with Crippen LogP contribution in [-0.2, 0) is 19.7 Å². The molecule has 1 spiro atoms. The molecule has 27 heavy (non-hydrogen) atoms. The van der Waals surface area contributed by atoms with Gasteiger partial charge in [0.05, 0.1) is 31.3 Å². The molecule has 140 valence electrons. The minimum Gasteiger partial charge on any atom is -0.379 e. The predicted molar refractivity (Wildman–Crippen MR) is 99.6 cm³/mol. The maximum atomic E-state index is 13.3. The molecule has 5 heterocycles. The summed E-state index contributed by atoms with van der Waals surface area (Å²) in [6.45, 7) is 2.74. The van der Waals surface area contributed by atoms with Crippen LogP contribution in [0.25, 0.3) is 0 Å². The van der Waals surface area contributed by atoms with Crippen molar-refractivity contribution in [3.8, 4) is 0 Å². The first-order valence-electron chi connectivity index (χ1n) is 10.2. The molecule has 5 nitrogen and oxygen atoms in total. The number of anilines is 1. The van der Waals surface area contributed by atoms with E-state index in [-0.39, 0.29) is 29.6 Å². The third-order valence-electron chi connectivity index (χ3n) is 8.46. The van der Waals surface area contributed by atoms with Crippen molar-refractivity contribution in [2.75, 3.05) is 31.7 Å². The van der Waals surface area contributed by atoms with Crippen LogP contribution in [0.15, 0.2) is 35.9 Å². The lowest BCUT2D eigenvalue weighted by atomic mass is 9.52. The summed E-state index contributed by atoms with van der Waals surface area (Å²) in [4.78, 5) is 18.1. The van der Waals surface area contributed by atoms with E-state index >= 15 is 0 Å². The molecule has 0 unspecified atom stereocenters. The van der Waals surface area contributed by atoms with Crippen LogP contribution in [0.1, 0.15) is 18.4 Å². The molecule has 7 atom stereocenters. The van der Waals surface area contributed by atoms with Crippen molar-refractivity contribution in [2.45, 2.75) is 42.5 Å². The van der Waals surface area contributed by atoms with Crippen LogP contribution >= 0.6 is 0 Å². The third-order valence-corrected chi connectivity index (χ3v) is 8.46. The Kier molecular flexibility index (Phi) is 2.73. The van der Waals surface area contributed by atoms with Gasteiger partial charge in [0, 0.05) is 42.6 Å². The van der Waals surface area contributed by atoms with E-state index in [0.29, 0.717) is 30.9 Å². The third kappa shape index (κ3) is 1.52. The number of carbonyl (C=O) groups is 1. The highest BCUT2D eigenvalue weighted by atomic mass is 16.5. The number of methoxy groups -OCH3 is 1. The minimum atomic E-state index is -0.0218. The molecule has 3 saturated heterocycles. The van der Waals surface area contributed by atoms with E-state index in [0.717, 1.165) is 25.2 Å². The first-order chi connectivity index (χ1) is 13.3. The molecule has 1 amide bonds. The molecule has 0 aromatic heterocycles. The van der Waals surface area contributed by atoms with Gasteiger partial charge in [-0.05, 0) is 24.6 Å². The molecule has 1 aliphatic carbocycles. The normalized spacial score (nSPS) is 46.2. The molecule has 0 radical (unpaired) electrons. The monoisotopic (exact) mass is 364 g/mol. The van der Waals surface area contributed by atoms with Crippen molar-refractivity contribution in [1.82, 2.24) is 4.90 Å². The van der Waals surface area contributed by atoms with Crippen molar-refractivity contribution in [2.24, 2.45) is 11.8 Å². The SMILES string of the molecule is CO[C@H]1[C@@H]2C3=CCO[C@@H]4CC(=O)N5c6ccccc6[C@]6(CCN(C3)[C@@H]16)[C@@H]5[C@H]24. The summed E-state index contributed by atoms with van der Waals surface area (Å²) in [7, 11) is 1.88. The zero-order valence-corrected chi connectivity index (χ0v) is 15.5. The topological polar surface area (TPSA) is 42.0 Å². The van der Waals surface area contributed by atoms with Crippen LogP contribution in [0.2, 0.25) is 0 Å². The van der Waals surface area contributed by atoms with E-state index < -0.39 is 0 Å². The fraction of sp³-hybridized carbons (Fsp3) is 0.591. The molecule has 1 aromatic carbocycles. The number of piperidine rings is 2. The Hall–Kier alpha value is -1.69. The molecule has 6 aliphatic rings. The Balaban J connectivity index is 1.57. The first kappa shape index (κ1) is 15.3. The largest absolute Gasteiger partial charge is 0.379 e. The Bertz CT molecular complexity index is 897. The van der Waals surface area contributed by atoms with Crippen molar-refractivity contribution in [1.29, 1.82) is 0 Å². The Morgan fingerprint density at radius 2 is 2.15 bits per heavy atom. The lowest BCUT2D eigenvalue weighted by Crippen LogP contribution is -2.74. The van der Waals surface area contributed by atoms with E-state index in [1.54, 1.807) is 0 Å². The van der Waals surface area contributed by atoms with E-state index in [1.807, 2.05) is 7.11 Å².